The minimum Gasteiger partial charge on any atom is -0.496 e. The van der Waals surface area contributed by atoms with E-state index in [0.29, 0.717) is 11.5 Å². The van der Waals surface area contributed by atoms with Crippen molar-refractivity contribution in [2.24, 2.45) is 5.10 Å². The minimum atomic E-state index is -0.693. The van der Waals surface area contributed by atoms with Gasteiger partial charge in [-0.2, -0.15) is 5.10 Å². The van der Waals surface area contributed by atoms with Crippen LogP contribution in [-0.4, -0.2) is 12.8 Å². The van der Waals surface area contributed by atoms with Gasteiger partial charge in [-0.1, -0.05) is 12.1 Å². The van der Waals surface area contributed by atoms with E-state index < -0.39 is 11.6 Å². The first-order chi connectivity index (χ1) is 9.61. The molecule has 0 saturated carbocycles. The monoisotopic (exact) mass is 276 g/mol. The molecule has 0 fully saturated rings. The number of methoxy groups -OCH3 is 1. The topological polar surface area (TPSA) is 33.6 Å². The Morgan fingerprint density at radius 3 is 2.60 bits per heavy atom. The lowest BCUT2D eigenvalue weighted by molar-refractivity contribution is 0.414. The Morgan fingerprint density at radius 2 is 1.90 bits per heavy atom. The predicted octanol–water partition coefficient (Wildman–Crippen LogP) is 3.81. The number of nitrogens with one attached hydrogen (secondary N) is 1. The summed E-state index contributed by atoms with van der Waals surface area (Å²) < 4.78 is 31.5. The molecule has 104 valence electrons. The van der Waals surface area contributed by atoms with Crippen LogP contribution in [0.1, 0.15) is 12.5 Å². The number of halogens is 2. The number of rotatable bonds is 4. The highest BCUT2D eigenvalue weighted by molar-refractivity contribution is 6.01. The maximum absolute atomic E-state index is 13.5. The molecule has 0 bridgehead atoms. The van der Waals surface area contributed by atoms with Crippen molar-refractivity contribution in [2.45, 2.75) is 6.92 Å². The second kappa shape index (κ2) is 6.14. The average molecular weight is 276 g/mol. The quantitative estimate of drug-likeness (QED) is 0.680. The van der Waals surface area contributed by atoms with Crippen molar-refractivity contribution in [3.8, 4) is 5.75 Å². The summed E-state index contributed by atoms with van der Waals surface area (Å²) in [5.74, 6) is -0.643. The first-order valence-corrected chi connectivity index (χ1v) is 6.00. The highest BCUT2D eigenvalue weighted by Crippen LogP contribution is 2.19. The van der Waals surface area contributed by atoms with Crippen LogP contribution in [0.25, 0.3) is 0 Å². The van der Waals surface area contributed by atoms with Gasteiger partial charge in [0.2, 0.25) is 0 Å². The van der Waals surface area contributed by atoms with Crippen LogP contribution in [0.5, 0.6) is 5.75 Å². The Morgan fingerprint density at radius 1 is 1.15 bits per heavy atom. The van der Waals surface area contributed by atoms with Crippen LogP contribution in [0.3, 0.4) is 0 Å². The minimum absolute atomic E-state index is 0.112. The lowest BCUT2D eigenvalue weighted by Gasteiger charge is -2.08. The Kier molecular flexibility index (Phi) is 4.30. The van der Waals surface area contributed by atoms with Crippen LogP contribution in [-0.2, 0) is 0 Å². The molecule has 0 aromatic heterocycles. The largest absolute Gasteiger partial charge is 0.496 e. The van der Waals surface area contributed by atoms with E-state index in [2.05, 4.69) is 10.5 Å². The van der Waals surface area contributed by atoms with Gasteiger partial charge < -0.3 is 4.74 Å². The van der Waals surface area contributed by atoms with Crippen LogP contribution in [0.2, 0.25) is 0 Å². The van der Waals surface area contributed by atoms with Crippen molar-refractivity contribution in [1.29, 1.82) is 0 Å². The molecule has 0 aliphatic heterocycles. The molecule has 0 saturated heterocycles. The van der Waals surface area contributed by atoms with E-state index in [0.717, 1.165) is 11.6 Å². The van der Waals surface area contributed by atoms with Gasteiger partial charge in [-0.05, 0) is 31.2 Å². The van der Waals surface area contributed by atoms with Gasteiger partial charge in [-0.3, -0.25) is 5.43 Å². The summed E-state index contributed by atoms with van der Waals surface area (Å²) in [5, 5.41) is 4.09. The average Bonchev–Trinajstić information content (AvgIpc) is 2.46. The molecule has 0 atom stereocenters. The third kappa shape index (κ3) is 3.12. The molecule has 0 amide bonds. The van der Waals surface area contributed by atoms with Crippen molar-refractivity contribution in [1.82, 2.24) is 0 Å². The normalized spacial score (nSPS) is 11.3. The maximum atomic E-state index is 13.5. The summed E-state index contributed by atoms with van der Waals surface area (Å²) >= 11 is 0. The lowest BCUT2D eigenvalue weighted by Crippen LogP contribution is -2.03. The van der Waals surface area contributed by atoms with Gasteiger partial charge in [0.15, 0.2) is 5.82 Å². The first kappa shape index (κ1) is 14.0. The molecular formula is C15H14F2N2O. The molecule has 0 unspecified atom stereocenters. The second-order valence-electron chi connectivity index (χ2n) is 4.13. The third-order valence-corrected chi connectivity index (χ3v) is 2.77. The summed E-state index contributed by atoms with van der Waals surface area (Å²) in [6.07, 6.45) is 0. The molecular weight excluding hydrogens is 262 g/mol. The molecule has 0 spiro atoms. The molecule has 0 aliphatic carbocycles. The number of ether oxygens (including phenoxy) is 1. The molecule has 0 aliphatic rings. The fourth-order valence-electron chi connectivity index (χ4n) is 1.73. The SMILES string of the molecule is COc1ccccc1/C(C)=N/Nc1ccc(F)cc1F. The first-order valence-electron chi connectivity index (χ1n) is 6.00. The van der Waals surface area contributed by atoms with Crippen LogP contribution in [0.4, 0.5) is 14.5 Å². The van der Waals surface area contributed by atoms with Crippen LogP contribution < -0.4 is 10.2 Å². The van der Waals surface area contributed by atoms with Crippen molar-refractivity contribution >= 4 is 11.4 Å². The van der Waals surface area contributed by atoms with Crippen LogP contribution >= 0.6 is 0 Å². The van der Waals surface area contributed by atoms with E-state index in [-0.39, 0.29) is 5.69 Å². The number of benzene rings is 2. The zero-order chi connectivity index (χ0) is 14.5. The summed E-state index contributed by atoms with van der Waals surface area (Å²) in [7, 11) is 1.57. The van der Waals surface area contributed by atoms with E-state index in [9.17, 15) is 8.78 Å². The van der Waals surface area contributed by atoms with Gasteiger partial charge in [-0.25, -0.2) is 8.78 Å². The number of anilines is 1. The summed E-state index contributed by atoms with van der Waals surface area (Å²) in [6.45, 7) is 1.77. The van der Waals surface area contributed by atoms with Crippen molar-refractivity contribution < 1.29 is 13.5 Å². The highest BCUT2D eigenvalue weighted by atomic mass is 19.1. The Bertz CT molecular complexity index is 642. The molecule has 2 aromatic rings. The molecule has 5 heteroatoms. The molecule has 3 nitrogen and oxygen atoms in total. The standard InChI is InChI=1S/C15H14F2N2O/c1-10(12-5-3-4-6-15(12)20-2)18-19-14-8-7-11(16)9-13(14)17/h3-9,19H,1-2H3/b18-10+. The number of hydrogen-bond acceptors (Lipinski definition) is 3. The zero-order valence-electron chi connectivity index (χ0n) is 11.2. The van der Waals surface area contributed by atoms with Gasteiger partial charge in [0.05, 0.1) is 18.5 Å². The summed E-state index contributed by atoms with van der Waals surface area (Å²) in [4.78, 5) is 0. The number of hydrazone groups is 1. The number of nitrogens with zero attached hydrogens (tertiary/aromatic N) is 1. The van der Waals surface area contributed by atoms with Crippen molar-refractivity contribution in [3.63, 3.8) is 0 Å². The molecule has 0 heterocycles. The summed E-state index contributed by atoms with van der Waals surface area (Å²) in [5.41, 5.74) is 4.12. The third-order valence-electron chi connectivity index (χ3n) is 2.77. The molecule has 0 radical (unpaired) electrons. The fraction of sp³-hybridized carbons (Fsp3) is 0.133. The fourth-order valence-corrected chi connectivity index (χ4v) is 1.73. The van der Waals surface area contributed by atoms with Gasteiger partial charge in [-0.15, -0.1) is 0 Å². The zero-order valence-corrected chi connectivity index (χ0v) is 11.2. The van der Waals surface area contributed by atoms with E-state index in [4.69, 9.17) is 4.74 Å². The number of hydrogen-bond donors (Lipinski definition) is 1. The maximum Gasteiger partial charge on any atom is 0.151 e. The molecule has 1 N–H and O–H groups in total. The Labute approximate surface area is 115 Å². The van der Waals surface area contributed by atoms with Crippen molar-refractivity contribution in [3.05, 3.63) is 59.7 Å². The van der Waals surface area contributed by atoms with Gasteiger partial charge in [0, 0.05) is 11.6 Å². The second-order valence-corrected chi connectivity index (χ2v) is 4.13. The van der Waals surface area contributed by atoms with Gasteiger partial charge in [0.1, 0.15) is 11.6 Å². The highest BCUT2D eigenvalue weighted by Gasteiger charge is 2.06. The molecule has 2 aromatic carbocycles. The Hall–Kier alpha value is -2.43. The van der Waals surface area contributed by atoms with Crippen LogP contribution in [0, 0.1) is 11.6 Å². The lowest BCUT2D eigenvalue weighted by atomic mass is 10.1. The van der Waals surface area contributed by atoms with E-state index in [1.165, 1.54) is 12.1 Å². The van der Waals surface area contributed by atoms with E-state index >= 15 is 0 Å². The van der Waals surface area contributed by atoms with E-state index in [1.807, 2.05) is 24.3 Å². The Balaban J connectivity index is 2.22. The summed E-state index contributed by atoms with van der Waals surface area (Å²) in [6, 6.07) is 10.6. The molecule has 20 heavy (non-hydrogen) atoms. The van der Waals surface area contributed by atoms with Gasteiger partial charge >= 0.3 is 0 Å². The molecule has 2 rings (SSSR count). The van der Waals surface area contributed by atoms with Crippen LogP contribution in [0.15, 0.2) is 47.6 Å². The van der Waals surface area contributed by atoms with E-state index in [1.54, 1.807) is 14.0 Å². The van der Waals surface area contributed by atoms with Gasteiger partial charge in [0.25, 0.3) is 0 Å². The smallest absolute Gasteiger partial charge is 0.151 e. The predicted molar refractivity (Wildman–Crippen MR) is 75.2 cm³/mol. The number of para-hydroxylation sites is 1. The van der Waals surface area contributed by atoms with Crippen molar-refractivity contribution in [2.75, 3.05) is 12.5 Å².